The molecule has 164 valence electrons. The van der Waals surface area contributed by atoms with Gasteiger partial charge in [-0.15, -0.1) is 0 Å². The summed E-state index contributed by atoms with van der Waals surface area (Å²) in [5, 5.41) is 2.97. The van der Waals surface area contributed by atoms with Gasteiger partial charge in [0, 0.05) is 0 Å². The molecule has 2 atom stereocenters. The van der Waals surface area contributed by atoms with Crippen molar-refractivity contribution in [1.82, 2.24) is 0 Å². The van der Waals surface area contributed by atoms with Gasteiger partial charge < -0.3 is 10.1 Å². The predicted octanol–water partition coefficient (Wildman–Crippen LogP) is 4.24. The molecule has 2 aliphatic rings. The van der Waals surface area contributed by atoms with E-state index in [9.17, 15) is 19.2 Å². The maximum atomic E-state index is 12.8. The van der Waals surface area contributed by atoms with Gasteiger partial charge >= 0.3 is 5.97 Å². The highest BCUT2D eigenvalue weighted by molar-refractivity contribution is 6.44. The molecule has 1 aliphatic heterocycles. The normalized spacial score (nSPS) is 19.6. The number of imide groups is 1. The van der Waals surface area contributed by atoms with Crippen molar-refractivity contribution in [1.29, 1.82) is 0 Å². The molecular weight excluding hydrogens is 455 g/mol. The van der Waals surface area contributed by atoms with E-state index in [0.29, 0.717) is 24.2 Å². The molecule has 1 heterocycles. The zero-order valence-corrected chi connectivity index (χ0v) is 18.2. The number of rotatable bonds is 5. The van der Waals surface area contributed by atoms with E-state index in [1.165, 1.54) is 12.1 Å². The summed E-state index contributed by atoms with van der Waals surface area (Å²) in [7, 11) is 0. The van der Waals surface area contributed by atoms with Gasteiger partial charge in [0.15, 0.2) is 6.61 Å². The lowest BCUT2D eigenvalue weighted by Crippen LogP contribution is -2.31. The summed E-state index contributed by atoms with van der Waals surface area (Å²) in [6.45, 7) is -0.552. The average Bonchev–Trinajstić information content (AvgIpc) is 3.05. The molecule has 32 heavy (non-hydrogen) atoms. The van der Waals surface area contributed by atoms with E-state index in [1.807, 2.05) is 12.2 Å². The SMILES string of the molecule is O=C(COC(=O)c1cccc(N2C(=O)[C@@H]3CC=CC[C@H]3C2=O)c1)Nc1cccc(Cl)c1Cl. The number of allylic oxidation sites excluding steroid dienone is 2. The Morgan fingerprint density at radius 1 is 1.00 bits per heavy atom. The number of esters is 1. The van der Waals surface area contributed by atoms with Crippen LogP contribution in [0.4, 0.5) is 11.4 Å². The molecule has 0 bridgehead atoms. The monoisotopic (exact) mass is 472 g/mol. The Kier molecular flexibility index (Phi) is 6.30. The molecule has 0 saturated carbocycles. The fraction of sp³-hybridized carbons (Fsp3) is 0.217. The number of fused-ring (bicyclic) bond motifs is 1. The first-order valence-corrected chi connectivity index (χ1v) is 10.7. The summed E-state index contributed by atoms with van der Waals surface area (Å²) in [6.07, 6.45) is 4.87. The number of benzene rings is 2. The maximum Gasteiger partial charge on any atom is 0.338 e. The zero-order valence-electron chi connectivity index (χ0n) is 16.7. The standard InChI is InChI=1S/C23H18Cl2N2O5/c24-17-9-4-10-18(20(17)25)26-19(28)12-32-23(31)13-5-3-6-14(11-13)27-21(29)15-7-1-2-8-16(15)22(27)30/h1-6,9-11,15-16H,7-8,12H2,(H,26,28)/t15-,16-/m1/s1. The van der Waals surface area contributed by atoms with Crippen molar-refractivity contribution in [3.8, 4) is 0 Å². The summed E-state index contributed by atoms with van der Waals surface area (Å²) < 4.78 is 5.07. The Morgan fingerprint density at radius 3 is 2.34 bits per heavy atom. The minimum atomic E-state index is -0.766. The Bertz CT molecular complexity index is 1120. The van der Waals surface area contributed by atoms with Crippen LogP contribution in [0.25, 0.3) is 0 Å². The largest absolute Gasteiger partial charge is 0.452 e. The van der Waals surface area contributed by atoms with Gasteiger partial charge in [0.1, 0.15) is 0 Å². The third kappa shape index (κ3) is 4.26. The molecule has 0 radical (unpaired) electrons. The third-order valence-electron chi connectivity index (χ3n) is 5.41. The molecule has 0 aromatic heterocycles. The molecule has 0 spiro atoms. The summed E-state index contributed by atoms with van der Waals surface area (Å²) >= 11 is 11.9. The highest BCUT2D eigenvalue weighted by atomic mass is 35.5. The quantitative estimate of drug-likeness (QED) is 0.398. The fourth-order valence-electron chi connectivity index (χ4n) is 3.83. The van der Waals surface area contributed by atoms with Crippen LogP contribution in [0.15, 0.2) is 54.6 Å². The van der Waals surface area contributed by atoms with E-state index in [1.54, 1.807) is 30.3 Å². The van der Waals surface area contributed by atoms with Crippen LogP contribution in [0.2, 0.25) is 10.0 Å². The zero-order chi connectivity index (χ0) is 22.8. The van der Waals surface area contributed by atoms with Crippen molar-refractivity contribution >= 4 is 58.3 Å². The first-order chi connectivity index (χ1) is 15.4. The van der Waals surface area contributed by atoms with Crippen LogP contribution in [0.3, 0.4) is 0 Å². The summed E-state index contributed by atoms with van der Waals surface area (Å²) in [5.41, 5.74) is 0.716. The molecule has 3 amide bonds. The van der Waals surface area contributed by atoms with Crippen molar-refractivity contribution in [3.05, 3.63) is 70.2 Å². The number of hydrogen-bond acceptors (Lipinski definition) is 5. The first-order valence-electron chi connectivity index (χ1n) is 9.90. The lowest BCUT2D eigenvalue weighted by molar-refractivity contribution is -0.122. The van der Waals surface area contributed by atoms with E-state index >= 15 is 0 Å². The highest BCUT2D eigenvalue weighted by Gasteiger charge is 2.47. The minimum absolute atomic E-state index is 0.115. The predicted molar refractivity (Wildman–Crippen MR) is 120 cm³/mol. The van der Waals surface area contributed by atoms with Gasteiger partial charge in [0.25, 0.3) is 5.91 Å². The van der Waals surface area contributed by atoms with E-state index in [0.717, 1.165) is 4.90 Å². The first kappa shape index (κ1) is 22.0. The van der Waals surface area contributed by atoms with Crippen LogP contribution in [0.5, 0.6) is 0 Å². The number of ether oxygens (including phenoxy) is 1. The van der Waals surface area contributed by atoms with Crippen LogP contribution < -0.4 is 10.2 Å². The lowest BCUT2D eigenvalue weighted by Gasteiger charge is -2.15. The van der Waals surface area contributed by atoms with Crippen LogP contribution in [0.1, 0.15) is 23.2 Å². The molecule has 1 fully saturated rings. The lowest BCUT2D eigenvalue weighted by atomic mass is 9.85. The van der Waals surface area contributed by atoms with Crippen molar-refractivity contribution in [2.45, 2.75) is 12.8 Å². The number of carbonyl (C=O) groups excluding carboxylic acids is 4. The number of nitrogens with one attached hydrogen (secondary N) is 1. The third-order valence-corrected chi connectivity index (χ3v) is 6.23. The Balaban J connectivity index is 1.41. The van der Waals surface area contributed by atoms with Gasteiger partial charge in [-0.05, 0) is 43.2 Å². The summed E-state index contributed by atoms with van der Waals surface area (Å²) in [6, 6.07) is 10.8. The Hall–Kier alpha value is -3.16. The Labute approximate surface area is 193 Å². The number of halogens is 2. The second kappa shape index (κ2) is 9.14. The van der Waals surface area contributed by atoms with E-state index in [4.69, 9.17) is 27.9 Å². The number of anilines is 2. The number of nitrogens with zero attached hydrogens (tertiary/aromatic N) is 1. The smallest absolute Gasteiger partial charge is 0.338 e. The minimum Gasteiger partial charge on any atom is -0.452 e. The number of amides is 3. The number of carbonyl (C=O) groups is 4. The molecule has 1 saturated heterocycles. The molecule has 9 heteroatoms. The second-order valence-electron chi connectivity index (χ2n) is 7.44. The van der Waals surface area contributed by atoms with E-state index in [-0.39, 0.29) is 39.3 Å². The Morgan fingerprint density at radius 2 is 1.66 bits per heavy atom. The summed E-state index contributed by atoms with van der Waals surface area (Å²) in [5.74, 6) is -2.65. The topological polar surface area (TPSA) is 92.8 Å². The molecule has 2 aromatic rings. The second-order valence-corrected chi connectivity index (χ2v) is 8.23. The van der Waals surface area contributed by atoms with Crippen LogP contribution in [-0.4, -0.2) is 30.3 Å². The molecular formula is C23H18Cl2N2O5. The van der Waals surface area contributed by atoms with E-state index < -0.39 is 18.5 Å². The van der Waals surface area contributed by atoms with Crippen LogP contribution in [0, 0.1) is 11.8 Å². The maximum absolute atomic E-state index is 12.8. The van der Waals surface area contributed by atoms with Crippen molar-refractivity contribution < 1.29 is 23.9 Å². The van der Waals surface area contributed by atoms with Gasteiger partial charge in [-0.3, -0.25) is 19.3 Å². The van der Waals surface area contributed by atoms with Crippen LogP contribution in [-0.2, 0) is 19.1 Å². The van der Waals surface area contributed by atoms with Crippen LogP contribution >= 0.6 is 23.2 Å². The van der Waals surface area contributed by atoms with Crippen molar-refractivity contribution in [2.24, 2.45) is 11.8 Å². The molecule has 1 aliphatic carbocycles. The van der Waals surface area contributed by atoms with Gasteiger partial charge in [-0.2, -0.15) is 0 Å². The van der Waals surface area contributed by atoms with Gasteiger partial charge in [-0.25, -0.2) is 4.79 Å². The molecule has 4 rings (SSSR count). The molecule has 7 nitrogen and oxygen atoms in total. The number of hydrogen-bond donors (Lipinski definition) is 1. The van der Waals surface area contributed by atoms with Crippen molar-refractivity contribution in [2.75, 3.05) is 16.8 Å². The molecule has 1 N–H and O–H groups in total. The van der Waals surface area contributed by atoms with E-state index in [2.05, 4.69) is 5.32 Å². The highest BCUT2D eigenvalue weighted by Crippen LogP contribution is 2.37. The fourth-order valence-corrected chi connectivity index (χ4v) is 4.18. The summed E-state index contributed by atoms with van der Waals surface area (Å²) in [4.78, 5) is 51.2. The molecule has 0 unspecified atom stereocenters. The van der Waals surface area contributed by atoms with Gasteiger partial charge in [-0.1, -0.05) is 47.5 Å². The van der Waals surface area contributed by atoms with Crippen molar-refractivity contribution in [3.63, 3.8) is 0 Å². The average molecular weight is 473 g/mol. The van der Waals surface area contributed by atoms with Gasteiger partial charge in [0.05, 0.1) is 38.8 Å². The van der Waals surface area contributed by atoms with Gasteiger partial charge in [0.2, 0.25) is 11.8 Å². The molecule has 2 aromatic carbocycles.